The molecular weight excluding hydrogens is 450 g/mol. The van der Waals surface area contributed by atoms with Crippen molar-refractivity contribution in [3.05, 3.63) is 69.8 Å². The normalized spacial score (nSPS) is 12.4. The smallest absolute Gasteiger partial charge is 0.199 e. The molecule has 10 nitrogen and oxygen atoms in total. The summed E-state index contributed by atoms with van der Waals surface area (Å²) >= 11 is 3.38. The molecule has 3 heterocycles. The Balaban J connectivity index is 1.58. The first kappa shape index (κ1) is 20.4. The lowest BCUT2D eigenvalue weighted by molar-refractivity contribution is 0.397. The van der Waals surface area contributed by atoms with Crippen LogP contribution in [0.1, 0.15) is 41.4 Å². The average molecular weight is 472 g/mol. The third kappa shape index (κ3) is 4.31. The Kier molecular flexibility index (Phi) is 6.29. The van der Waals surface area contributed by atoms with E-state index in [1.54, 1.807) is 10.9 Å². The van der Waals surface area contributed by atoms with Crippen LogP contribution < -0.4 is 5.32 Å². The summed E-state index contributed by atoms with van der Waals surface area (Å²) in [5.74, 6) is 1.55. The molecule has 3 aromatic heterocycles. The second kappa shape index (κ2) is 9.26. The highest BCUT2D eigenvalue weighted by atomic mass is 79.9. The van der Waals surface area contributed by atoms with E-state index in [-0.39, 0.29) is 6.04 Å². The minimum Gasteiger partial charge on any atom is -0.364 e. The van der Waals surface area contributed by atoms with E-state index in [0.29, 0.717) is 30.1 Å². The first-order valence-electron chi connectivity index (χ1n) is 9.67. The Morgan fingerprint density at radius 2 is 2.00 bits per heavy atom. The summed E-state index contributed by atoms with van der Waals surface area (Å²) < 4.78 is 9.66. The van der Waals surface area contributed by atoms with Crippen LogP contribution in [0.5, 0.6) is 0 Å². The molecule has 0 aliphatic carbocycles. The van der Waals surface area contributed by atoms with Crippen LogP contribution >= 0.6 is 15.9 Å². The molecule has 1 unspecified atom stereocenters. The molecule has 11 heteroatoms. The maximum absolute atomic E-state index is 5.26. The molecule has 0 saturated carbocycles. The zero-order chi connectivity index (χ0) is 20.9. The molecule has 0 fully saturated rings. The van der Waals surface area contributed by atoms with Crippen molar-refractivity contribution >= 4 is 15.9 Å². The van der Waals surface area contributed by atoms with Crippen LogP contribution in [-0.4, -0.2) is 46.7 Å². The molecule has 30 heavy (non-hydrogen) atoms. The molecule has 4 aromatic rings. The summed E-state index contributed by atoms with van der Waals surface area (Å²) in [6.45, 7) is 3.27. The van der Waals surface area contributed by atoms with Crippen molar-refractivity contribution in [3.63, 3.8) is 0 Å². The van der Waals surface area contributed by atoms with E-state index < -0.39 is 0 Å². The second-order valence-electron chi connectivity index (χ2n) is 6.84. The largest absolute Gasteiger partial charge is 0.364 e. The lowest BCUT2D eigenvalue weighted by Crippen LogP contribution is -2.29. The van der Waals surface area contributed by atoms with Crippen LogP contribution in [0, 0.1) is 0 Å². The third-order valence-corrected chi connectivity index (χ3v) is 5.62. The number of aryl methyl sites for hydroxylation is 1. The monoisotopic (exact) mass is 471 g/mol. The fourth-order valence-corrected chi connectivity index (χ4v) is 3.54. The minimum atomic E-state index is -0.311. The second-order valence-corrected chi connectivity index (χ2v) is 7.55. The first-order chi connectivity index (χ1) is 14.7. The van der Waals surface area contributed by atoms with Crippen molar-refractivity contribution in [2.45, 2.75) is 32.4 Å². The van der Waals surface area contributed by atoms with Gasteiger partial charge in [-0.1, -0.05) is 42.4 Å². The zero-order valence-electron chi connectivity index (χ0n) is 16.7. The standard InChI is InChI=1S/C19H22BrN9O/c1-3-14-12-30-25-16(14)17(21-10-9-15-22-24-19(20)28(15)2)18-23-26-27-29(18)11-13-7-5-4-6-8-13/h4-8,12,17,21H,3,9-11H2,1-2H3. The summed E-state index contributed by atoms with van der Waals surface area (Å²) in [7, 11) is 1.92. The predicted molar refractivity (Wildman–Crippen MR) is 111 cm³/mol. The Bertz CT molecular complexity index is 1090. The van der Waals surface area contributed by atoms with E-state index in [0.717, 1.165) is 29.1 Å². The van der Waals surface area contributed by atoms with Crippen molar-refractivity contribution < 1.29 is 4.52 Å². The van der Waals surface area contributed by atoms with E-state index >= 15 is 0 Å². The summed E-state index contributed by atoms with van der Waals surface area (Å²) in [6, 6.07) is 9.78. The molecule has 1 N–H and O–H groups in total. The van der Waals surface area contributed by atoms with Crippen LogP contribution in [0.25, 0.3) is 0 Å². The summed E-state index contributed by atoms with van der Waals surface area (Å²) in [5.41, 5.74) is 2.92. The summed E-state index contributed by atoms with van der Waals surface area (Å²) in [4.78, 5) is 0. The van der Waals surface area contributed by atoms with Crippen molar-refractivity contribution in [1.29, 1.82) is 0 Å². The molecule has 0 aliphatic rings. The quantitative estimate of drug-likeness (QED) is 0.394. The van der Waals surface area contributed by atoms with Gasteiger partial charge in [0.15, 0.2) is 10.6 Å². The first-order valence-corrected chi connectivity index (χ1v) is 10.5. The molecule has 0 saturated heterocycles. The van der Waals surface area contributed by atoms with Gasteiger partial charge < -0.3 is 14.4 Å². The fraction of sp³-hybridized carbons (Fsp3) is 0.368. The van der Waals surface area contributed by atoms with Gasteiger partial charge in [-0.05, 0) is 38.3 Å². The minimum absolute atomic E-state index is 0.311. The Labute approximate surface area is 181 Å². The zero-order valence-corrected chi connectivity index (χ0v) is 18.3. The van der Waals surface area contributed by atoms with Crippen molar-refractivity contribution in [1.82, 2.24) is 45.4 Å². The molecule has 0 spiro atoms. The number of hydrogen-bond donors (Lipinski definition) is 1. The number of tetrazole rings is 1. The lowest BCUT2D eigenvalue weighted by Gasteiger charge is -2.17. The number of nitrogens with zero attached hydrogens (tertiary/aromatic N) is 8. The third-order valence-electron chi connectivity index (χ3n) is 4.93. The molecule has 0 radical (unpaired) electrons. The summed E-state index contributed by atoms with van der Waals surface area (Å²) in [6.07, 6.45) is 3.16. The lowest BCUT2D eigenvalue weighted by atomic mass is 10.1. The van der Waals surface area contributed by atoms with Crippen molar-refractivity contribution in [2.75, 3.05) is 6.54 Å². The van der Waals surface area contributed by atoms with Crippen LogP contribution in [0.2, 0.25) is 0 Å². The van der Waals surface area contributed by atoms with Gasteiger partial charge >= 0.3 is 0 Å². The maximum Gasteiger partial charge on any atom is 0.199 e. The van der Waals surface area contributed by atoms with Gasteiger partial charge in [-0.15, -0.1) is 15.3 Å². The Hall–Kier alpha value is -2.92. The van der Waals surface area contributed by atoms with Gasteiger partial charge in [-0.3, -0.25) is 0 Å². The number of rotatable bonds is 9. The van der Waals surface area contributed by atoms with E-state index in [4.69, 9.17) is 4.52 Å². The average Bonchev–Trinajstić information content (AvgIpc) is 3.49. The highest BCUT2D eigenvalue weighted by molar-refractivity contribution is 9.10. The molecule has 156 valence electrons. The van der Waals surface area contributed by atoms with Gasteiger partial charge in [0.05, 0.1) is 6.54 Å². The topological polar surface area (TPSA) is 112 Å². The molecular formula is C19H22BrN9O. The molecule has 0 bridgehead atoms. The number of halogens is 1. The van der Waals surface area contributed by atoms with Crippen molar-refractivity contribution in [2.24, 2.45) is 7.05 Å². The van der Waals surface area contributed by atoms with Gasteiger partial charge in [0.2, 0.25) is 0 Å². The number of hydrogen-bond acceptors (Lipinski definition) is 8. The van der Waals surface area contributed by atoms with Crippen LogP contribution in [0.3, 0.4) is 0 Å². The van der Waals surface area contributed by atoms with E-state index in [2.05, 4.69) is 59.0 Å². The number of benzene rings is 1. The van der Waals surface area contributed by atoms with E-state index in [9.17, 15) is 0 Å². The molecule has 4 rings (SSSR count). The fourth-order valence-electron chi connectivity index (χ4n) is 3.25. The van der Waals surface area contributed by atoms with Gasteiger partial charge in [-0.25, -0.2) is 4.68 Å². The van der Waals surface area contributed by atoms with Crippen LogP contribution in [0.4, 0.5) is 0 Å². The van der Waals surface area contributed by atoms with Gasteiger partial charge in [0, 0.05) is 25.6 Å². The number of nitrogens with one attached hydrogen (secondary N) is 1. The number of aromatic nitrogens is 8. The Morgan fingerprint density at radius 1 is 1.17 bits per heavy atom. The maximum atomic E-state index is 5.26. The van der Waals surface area contributed by atoms with Crippen LogP contribution in [-0.2, 0) is 26.4 Å². The van der Waals surface area contributed by atoms with E-state index in [1.165, 1.54) is 0 Å². The molecule has 0 aliphatic heterocycles. The van der Waals surface area contributed by atoms with Crippen molar-refractivity contribution in [3.8, 4) is 0 Å². The van der Waals surface area contributed by atoms with Gasteiger partial charge in [0.25, 0.3) is 0 Å². The molecule has 0 amide bonds. The molecule has 1 aromatic carbocycles. The molecule has 1 atom stereocenters. The van der Waals surface area contributed by atoms with E-state index in [1.807, 2.05) is 41.9 Å². The van der Waals surface area contributed by atoms with Gasteiger partial charge in [0.1, 0.15) is 23.8 Å². The van der Waals surface area contributed by atoms with Crippen LogP contribution in [0.15, 0.2) is 45.9 Å². The van der Waals surface area contributed by atoms with Gasteiger partial charge in [-0.2, -0.15) is 0 Å². The summed E-state index contributed by atoms with van der Waals surface area (Å²) in [5, 5.41) is 28.4. The SMILES string of the molecule is CCc1conc1C(NCCc1nnc(Br)n1C)c1nnnn1Cc1ccccc1. The highest BCUT2D eigenvalue weighted by Gasteiger charge is 2.26. The predicted octanol–water partition coefficient (Wildman–Crippen LogP) is 2.08. The Morgan fingerprint density at radius 3 is 2.73 bits per heavy atom. The highest BCUT2D eigenvalue weighted by Crippen LogP contribution is 2.23.